The number of imidazole rings is 1. The maximum atomic E-state index is 5.31. The predicted molar refractivity (Wildman–Crippen MR) is 142 cm³/mol. The Labute approximate surface area is 211 Å². The fourth-order valence-corrected chi connectivity index (χ4v) is 5.61. The molecule has 1 atom stereocenters. The van der Waals surface area contributed by atoms with Gasteiger partial charge >= 0.3 is 0 Å². The lowest BCUT2D eigenvalue weighted by atomic mass is 9.94. The van der Waals surface area contributed by atoms with Gasteiger partial charge in [-0.3, -0.25) is 0 Å². The minimum atomic E-state index is 0.241. The number of hydrogen-bond acceptors (Lipinski definition) is 6. The third-order valence-electron chi connectivity index (χ3n) is 7.34. The summed E-state index contributed by atoms with van der Waals surface area (Å²) in [6, 6.07) is 17.7. The van der Waals surface area contributed by atoms with Gasteiger partial charge in [0.15, 0.2) is 5.65 Å². The Morgan fingerprint density at radius 3 is 2.69 bits per heavy atom. The maximum absolute atomic E-state index is 5.31. The topological polar surface area (TPSA) is 77.0 Å². The van der Waals surface area contributed by atoms with E-state index in [-0.39, 0.29) is 6.04 Å². The normalized spacial score (nSPS) is 16.6. The van der Waals surface area contributed by atoms with Crippen molar-refractivity contribution in [2.75, 3.05) is 20.3 Å². The van der Waals surface area contributed by atoms with Gasteiger partial charge in [-0.1, -0.05) is 49.4 Å². The van der Waals surface area contributed by atoms with E-state index < -0.39 is 0 Å². The molecule has 3 heterocycles. The Morgan fingerprint density at radius 2 is 1.92 bits per heavy atom. The standard InChI is InChI=1S/C29H30N6O/c1-4-27-32-28-18(2)15-21(13-14-36-3)31-29(28)35(27)26-12-10-20-16-19(9-11-23(20)26)22-7-5-6-8-24(22)25-17-30-34-33-25/h5-9,11,15-16,26H,4,10,12-14,17H2,1-3H3/t26-/m0/s1. The Hall–Kier alpha value is -3.71. The van der Waals surface area contributed by atoms with Crippen LogP contribution in [0.4, 0.5) is 0 Å². The van der Waals surface area contributed by atoms with Crippen LogP contribution in [-0.2, 0) is 24.0 Å². The summed E-state index contributed by atoms with van der Waals surface area (Å²) in [5.74, 6) is 1.10. The van der Waals surface area contributed by atoms with Gasteiger partial charge in [0.1, 0.15) is 17.9 Å². The zero-order valence-electron chi connectivity index (χ0n) is 21.0. The number of fused-ring (bicyclic) bond motifs is 2. The fraction of sp³-hybridized carbons (Fsp3) is 0.345. The second-order valence-corrected chi connectivity index (χ2v) is 9.55. The van der Waals surface area contributed by atoms with E-state index in [1.54, 1.807) is 7.11 Å². The van der Waals surface area contributed by atoms with Crippen LogP contribution in [0.2, 0.25) is 0 Å². The van der Waals surface area contributed by atoms with Gasteiger partial charge < -0.3 is 9.30 Å². The van der Waals surface area contributed by atoms with E-state index in [9.17, 15) is 0 Å². The van der Waals surface area contributed by atoms with Crippen LogP contribution >= 0.6 is 0 Å². The molecule has 36 heavy (non-hydrogen) atoms. The molecule has 2 aromatic carbocycles. The average molecular weight is 479 g/mol. The summed E-state index contributed by atoms with van der Waals surface area (Å²) in [4.78, 5) is 10.1. The van der Waals surface area contributed by atoms with Crippen molar-refractivity contribution in [1.82, 2.24) is 14.5 Å². The number of methoxy groups -OCH3 is 1. The van der Waals surface area contributed by atoms with Crippen LogP contribution in [0, 0.1) is 6.92 Å². The molecule has 2 aromatic heterocycles. The molecular weight excluding hydrogens is 448 g/mol. The number of aromatic nitrogens is 3. The van der Waals surface area contributed by atoms with Gasteiger partial charge in [0.25, 0.3) is 0 Å². The molecule has 0 unspecified atom stereocenters. The summed E-state index contributed by atoms with van der Waals surface area (Å²) in [7, 11) is 1.73. The minimum absolute atomic E-state index is 0.241. The first kappa shape index (κ1) is 22.7. The number of benzene rings is 2. The maximum Gasteiger partial charge on any atom is 0.161 e. The molecule has 1 aliphatic carbocycles. The van der Waals surface area contributed by atoms with Gasteiger partial charge in [-0.15, -0.1) is 5.10 Å². The van der Waals surface area contributed by atoms with Crippen molar-refractivity contribution in [3.8, 4) is 11.1 Å². The summed E-state index contributed by atoms with van der Waals surface area (Å²) in [6.07, 6.45) is 3.76. The highest BCUT2D eigenvalue weighted by atomic mass is 16.5. The van der Waals surface area contributed by atoms with Crippen molar-refractivity contribution in [3.05, 3.63) is 82.3 Å². The number of nitrogens with zero attached hydrogens (tertiary/aromatic N) is 6. The molecule has 0 amide bonds. The summed E-state index contributed by atoms with van der Waals surface area (Å²) < 4.78 is 7.71. The number of hydrogen-bond donors (Lipinski definition) is 0. The van der Waals surface area contributed by atoms with Crippen molar-refractivity contribution in [1.29, 1.82) is 0 Å². The van der Waals surface area contributed by atoms with E-state index >= 15 is 0 Å². The van der Waals surface area contributed by atoms with Crippen LogP contribution in [-0.4, -0.2) is 40.5 Å². The van der Waals surface area contributed by atoms with Crippen LogP contribution in [0.5, 0.6) is 0 Å². The summed E-state index contributed by atoms with van der Waals surface area (Å²) in [5, 5.41) is 12.1. The lowest BCUT2D eigenvalue weighted by Crippen LogP contribution is -2.12. The van der Waals surface area contributed by atoms with Gasteiger partial charge in [0.05, 0.1) is 18.4 Å². The van der Waals surface area contributed by atoms with Crippen molar-refractivity contribution in [2.24, 2.45) is 15.4 Å². The first-order valence-corrected chi connectivity index (χ1v) is 12.7. The van der Waals surface area contributed by atoms with E-state index in [0.717, 1.165) is 59.6 Å². The van der Waals surface area contributed by atoms with Gasteiger partial charge in [-0.25, -0.2) is 9.97 Å². The molecule has 6 rings (SSSR count). The van der Waals surface area contributed by atoms with Crippen LogP contribution in [0.3, 0.4) is 0 Å². The molecule has 2 aliphatic rings. The molecule has 0 N–H and O–H groups in total. The molecule has 0 fully saturated rings. The highest BCUT2D eigenvalue weighted by molar-refractivity contribution is 6.07. The highest BCUT2D eigenvalue weighted by Gasteiger charge is 2.29. The van der Waals surface area contributed by atoms with E-state index in [0.29, 0.717) is 13.2 Å². The van der Waals surface area contributed by atoms with Crippen LogP contribution < -0.4 is 0 Å². The van der Waals surface area contributed by atoms with Gasteiger partial charge in [-0.05, 0) is 58.9 Å². The molecular formula is C29H30N6O. The molecule has 7 nitrogen and oxygen atoms in total. The Morgan fingerprint density at radius 1 is 1.06 bits per heavy atom. The second-order valence-electron chi connectivity index (χ2n) is 9.55. The first-order chi connectivity index (χ1) is 17.7. The zero-order chi connectivity index (χ0) is 24.6. The zero-order valence-corrected chi connectivity index (χ0v) is 21.0. The van der Waals surface area contributed by atoms with Crippen LogP contribution in [0.1, 0.15) is 53.2 Å². The minimum Gasteiger partial charge on any atom is -0.384 e. The quantitative estimate of drug-likeness (QED) is 0.334. The molecule has 0 saturated carbocycles. The average Bonchev–Trinajstić information content (AvgIpc) is 3.65. The monoisotopic (exact) mass is 478 g/mol. The van der Waals surface area contributed by atoms with Crippen LogP contribution in [0.15, 0.2) is 64.0 Å². The third kappa shape index (κ3) is 3.84. The van der Waals surface area contributed by atoms with Crippen molar-refractivity contribution >= 4 is 16.9 Å². The molecule has 1 aliphatic heterocycles. The second kappa shape index (κ2) is 9.39. The first-order valence-electron chi connectivity index (χ1n) is 12.7. The molecule has 0 saturated heterocycles. The lowest BCUT2D eigenvalue weighted by molar-refractivity contribution is 0.201. The SMILES string of the molecule is CCc1nc2c(C)cc(CCOC)nc2n1[C@H]1CCc2cc(-c3ccccc3C3=NN=NC3)ccc21. The number of aryl methyl sites for hydroxylation is 3. The smallest absolute Gasteiger partial charge is 0.161 e. The highest BCUT2D eigenvalue weighted by Crippen LogP contribution is 2.40. The fourth-order valence-electron chi connectivity index (χ4n) is 5.61. The molecule has 182 valence electrons. The Balaban J connectivity index is 1.41. The van der Waals surface area contributed by atoms with Crippen molar-refractivity contribution < 1.29 is 4.74 Å². The third-order valence-corrected chi connectivity index (χ3v) is 7.34. The Bertz CT molecular complexity index is 1520. The van der Waals surface area contributed by atoms with E-state index in [1.165, 1.54) is 27.8 Å². The summed E-state index contributed by atoms with van der Waals surface area (Å²) in [6.45, 7) is 5.52. The van der Waals surface area contributed by atoms with Crippen LogP contribution in [0.25, 0.3) is 22.3 Å². The predicted octanol–water partition coefficient (Wildman–Crippen LogP) is 5.86. The molecule has 0 bridgehead atoms. The summed E-state index contributed by atoms with van der Waals surface area (Å²) in [5.41, 5.74) is 11.4. The van der Waals surface area contributed by atoms with Gasteiger partial charge in [-0.2, -0.15) is 5.11 Å². The largest absolute Gasteiger partial charge is 0.384 e. The van der Waals surface area contributed by atoms with Gasteiger partial charge in [0.2, 0.25) is 0 Å². The summed E-state index contributed by atoms with van der Waals surface area (Å²) >= 11 is 0. The molecule has 0 radical (unpaired) electrons. The number of ether oxygens (including phenoxy) is 1. The Kier molecular flexibility index (Phi) is 5.93. The number of rotatable bonds is 7. The van der Waals surface area contributed by atoms with E-state index in [4.69, 9.17) is 14.7 Å². The van der Waals surface area contributed by atoms with E-state index in [1.807, 2.05) is 0 Å². The molecule has 0 spiro atoms. The molecule has 4 aromatic rings. The van der Waals surface area contributed by atoms with Crippen molar-refractivity contribution in [2.45, 2.75) is 45.6 Å². The molecule has 7 heteroatoms. The van der Waals surface area contributed by atoms with E-state index in [2.05, 4.69) is 82.4 Å². The van der Waals surface area contributed by atoms with Gasteiger partial charge in [0, 0.05) is 31.2 Å². The van der Waals surface area contributed by atoms with Crippen molar-refractivity contribution in [3.63, 3.8) is 0 Å². The number of pyridine rings is 1. The lowest BCUT2D eigenvalue weighted by Gasteiger charge is -2.18.